The number of nitrogens with one attached hydrogen (secondary N) is 2. The molecule has 152 valence electrons. The number of methoxy groups -OCH3 is 1. The zero-order chi connectivity index (χ0) is 20.6. The minimum Gasteiger partial charge on any atom is -0.497 e. The number of halogens is 1. The molecule has 3 aromatic rings. The number of aromatic nitrogens is 3. The number of carbonyl (C=O) groups excluding carboxylic acids is 1. The molecule has 0 fully saturated rings. The summed E-state index contributed by atoms with van der Waals surface area (Å²) in [6.45, 7) is 0.708. The Kier molecular flexibility index (Phi) is 6.90. The van der Waals surface area contributed by atoms with Crippen molar-refractivity contribution in [3.8, 4) is 5.75 Å². The van der Waals surface area contributed by atoms with Gasteiger partial charge in [0.2, 0.25) is 11.1 Å². The van der Waals surface area contributed by atoms with Crippen molar-refractivity contribution >= 4 is 23.4 Å². The molecule has 1 aromatic heterocycles. The molecule has 1 heterocycles. The molecular weight excluding hydrogens is 395 g/mol. The summed E-state index contributed by atoms with van der Waals surface area (Å²) >= 11 is 1.19. The van der Waals surface area contributed by atoms with Crippen LogP contribution in [0.1, 0.15) is 11.4 Å². The number of rotatable bonds is 9. The average molecular weight is 416 g/mol. The van der Waals surface area contributed by atoms with E-state index in [1.165, 1.54) is 28.6 Å². The zero-order valence-corrected chi connectivity index (χ0v) is 16.6. The van der Waals surface area contributed by atoms with Crippen LogP contribution in [0.25, 0.3) is 0 Å². The molecule has 0 aliphatic carbocycles. The Morgan fingerprint density at radius 2 is 1.86 bits per heavy atom. The second kappa shape index (κ2) is 9.78. The lowest BCUT2D eigenvalue weighted by atomic mass is 10.2. The highest BCUT2D eigenvalue weighted by Gasteiger charge is 2.12. The van der Waals surface area contributed by atoms with E-state index in [9.17, 15) is 9.18 Å². The van der Waals surface area contributed by atoms with Gasteiger partial charge >= 0.3 is 0 Å². The number of benzene rings is 2. The number of thioether (sulfide) groups is 1. The Morgan fingerprint density at radius 3 is 2.55 bits per heavy atom. The number of ether oxygens (including phenoxy) is 1. The van der Waals surface area contributed by atoms with Crippen LogP contribution in [0.4, 0.5) is 10.1 Å². The number of nitrogen functional groups attached to an aromatic ring is 1. The summed E-state index contributed by atoms with van der Waals surface area (Å²) in [7, 11) is 1.61. The molecule has 0 bridgehead atoms. The van der Waals surface area contributed by atoms with Gasteiger partial charge in [-0.15, -0.1) is 10.2 Å². The van der Waals surface area contributed by atoms with Crippen LogP contribution in [0.2, 0.25) is 0 Å². The van der Waals surface area contributed by atoms with E-state index in [1.807, 2.05) is 24.3 Å². The Balaban J connectivity index is 1.45. The fourth-order valence-corrected chi connectivity index (χ4v) is 3.11. The Labute approximate surface area is 171 Å². The molecule has 2 aromatic carbocycles. The van der Waals surface area contributed by atoms with E-state index < -0.39 is 0 Å². The molecule has 0 aliphatic heterocycles. The largest absolute Gasteiger partial charge is 0.497 e. The quantitative estimate of drug-likeness (QED) is 0.362. The maximum absolute atomic E-state index is 12.9. The van der Waals surface area contributed by atoms with Gasteiger partial charge in [-0.2, -0.15) is 0 Å². The van der Waals surface area contributed by atoms with E-state index in [0.29, 0.717) is 24.1 Å². The summed E-state index contributed by atoms with van der Waals surface area (Å²) < 4.78 is 19.4. The van der Waals surface area contributed by atoms with Crippen LogP contribution in [-0.4, -0.2) is 33.6 Å². The molecule has 10 heteroatoms. The molecule has 8 nitrogen and oxygen atoms in total. The van der Waals surface area contributed by atoms with Crippen LogP contribution in [0.3, 0.4) is 0 Å². The molecule has 0 atom stereocenters. The summed E-state index contributed by atoms with van der Waals surface area (Å²) in [5.74, 6) is 6.98. The standard InChI is InChI=1S/C19H21FN6O2S/c1-28-16-8-6-15(7-9-16)22-11-17-24-25-19(26(17)21)29-12-18(27)23-10-13-2-4-14(20)5-3-13/h2-9,22H,10-12,21H2,1H3,(H,23,27). The van der Waals surface area contributed by atoms with Gasteiger partial charge in [0.15, 0.2) is 5.82 Å². The van der Waals surface area contributed by atoms with E-state index in [4.69, 9.17) is 10.6 Å². The van der Waals surface area contributed by atoms with E-state index in [2.05, 4.69) is 20.8 Å². The minimum atomic E-state index is -0.310. The van der Waals surface area contributed by atoms with Crippen molar-refractivity contribution in [3.05, 3.63) is 65.7 Å². The van der Waals surface area contributed by atoms with Crippen molar-refractivity contribution in [2.45, 2.75) is 18.2 Å². The number of carbonyl (C=O) groups is 1. The monoisotopic (exact) mass is 416 g/mol. The predicted octanol–water partition coefficient (Wildman–Crippen LogP) is 2.16. The smallest absolute Gasteiger partial charge is 0.230 e. The Bertz CT molecular complexity index is 946. The van der Waals surface area contributed by atoms with Gasteiger partial charge in [-0.05, 0) is 42.0 Å². The van der Waals surface area contributed by atoms with E-state index in [1.54, 1.807) is 19.2 Å². The highest BCUT2D eigenvalue weighted by Crippen LogP contribution is 2.17. The van der Waals surface area contributed by atoms with Crippen LogP contribution < -0.4 is 21.2 Å². The summed E-state index contributed by atoms with van der Waals surface area (Å²) in [5, 5.41) is 14.5. The summed E-state index contributed by atoms with van der Waals surface area (Å²) in [6.07, 6.45) is 0. The number of hydrogen-bond donors (Lipinski definition) is 3. The Morgan fingerprint density at radius 1 is 1.14 bits per heavy atom. The molecule has 0 saturated carbocycles. The second-order valence-corrected chi connectivity index (χ2v) is 6.99. The molecule has 0 saturated heterocycles. The lowest BCUT2D eigenvalue weighted by Crippen LogP contribution is -2.25. The van der Waals surface area contributed by atoms with Crippen LogP contribution in [0.15, 0.2) is 53.7 Å². The van der Waals surface area contributed by atoms with E-state index in [-0.39, 0.29) is 17.5 Å². The van der Waals surface area contributed by atoms with Crippen molar-refractivity contribution in [1.82, 2.24) is 20.2 Å². The zero-order valence-electron chi connectivity index (χ0n) is 15.8. The van der Waals surface area contributed by atoms with Gasteiger partial charge in [-0.1, -0.05) is 23.9 Å². The van der Waals surface area contributed by atoms with Gasteiger partial charge in [-0.3, -0.25) is 4.79 Å². The average Bonchev–Trinajstić information content (AvgIpc) is 3.10. The third-order valence-electron chi connectivity index (χ3n) is 4.01. The number of nitrogens with zero attached hydrogens (tertiary/aromatic N) is 3. The lowest BCUT2D eigenvalue weighted by molar-refractivity contribution is -0.118. The Hall–Kier alpha value is -3.27. The number of anilines is 1. The summed E-state index contributed by atoms with van der Waals surface area (Å²) in [4.78, 5) is 12.0. The van der Waals surface area contributed by atoms with Crippen LogP contribution in [-0.2, 0) is 17.9 Å². The van der Waals surface area contributed by atoms with Gasteiger partial charge in [-0.25, -0.2) is 9.07 Å². The molecule has 0 unspecified atom stereocenters. The van der Waals surface area contributed by atoms with Gasteiger partial charge in [0, 0.05) is 12.2 Å². The number of hydrogen-bond acceptors (Lipinski definition) is 7. The maximum atomic E-state index is 12.9. The first kappa shape index (κ1) is 20.5. The molecule has 4 N–H and O–H groups in total. The molecule has 0 radical (unpaired) electrons. The molecule has 1 amide bonds. The molecule has 3 rings (SSSR count). The summed E-state index contributed by atoms with van der Waals surface area (Å²) in [5.41, 5.74) is 1.71. The molecule has 0 spiro atoms. The first-order chi connectivity index (χ1) is 14.0. The van der Waals surface area contributed by atoms with Crippen LogP contribution in [0, 0.1) is 5.82 Å². The van der Waals surface area contributed by atoms with Gasteiger partial charge in [0.25, 0.3) is 0 Å². The van der Waals surface area contributed by atoms with Crippen molar-refractivity contribution in [3.63, 3.8) is 0 Å². The first-order valence-electron chi connectivity index (χ1n) is 8.76. The highest BCUT2D eigenvalue weighted by molar-refractivity contribution is 7.99. The predicted molar refractivity (Wildman–Crippen MR) is 109 cm³/mol. The van der Waals surface area contributed by atoms with Crippen molar-refractivity contribution < 1.29 is 13.9 Å². The third kappa shape index (κ3) is 5.85. The maximum Gasteiger partial charge on any atom is 0.230 e. The minimum absolute atomic E-state index is 0.141. The third-order valence-corrected chi connectivity index (χ3v) is 4.95. The molecule has 0 aliphatic rings. The SMILES string of the molecule is COc1ccc(NCc2nnc(SCC(=O)NCc3ccc(F)cc3)n2N)cc1. The normalized spacial score (nSPS) is 10.6. The van der Waals surface area contributed by atoms with Gasteiger partial charge < -0.3 is 21.2 Å². The molecule has 29 heavy (non-hydrogen) atoms. The highest BCUT2D eigenvalue weighted by atomic mass is 32.2. The second-order valence-electron chi connectivity index (χ2n) is 6.04. The van der Waals surface area contributed by atoms with Crippen molar-refractivity contribution in [1.29, 1.82) is 0 Å². The first-order valence-corrected chi connectivity index (χ1v) is 9.75. The van der Waals surface area contributed by atoms with E-state index in [0.717, 1.165) is 17.0 Å². The fourth-order valence-electron chi connectivity index (χ4n) is 2.40. The van der Waals surface area contributed by atoms with Crippen LogP contribution in [0.5, 0.6) is 5.75 Å². The van der Waals surface area contributed by atoms with Crippen LogP contribution >= 0.6 is 11.8 Å². The lowest BCUT2D eigenvalue weighted by Gasteiger charge is -2.08. The van der Waals surface area contributed by atoms with Gasteiger partial charge in [0.05, 0.1) is 19.4 Å². The fraction of sp³-hybridized carbons (Fsp3) is 0.211. The van der Waals surface area contributed by atoms with Crippen molar-refractivity contribution in [2.24, 2.45) is 0 Å². The number of amides is 1. The van der Waals surface area contributed by atoms with Crippen molar-refractivity contribution in [2.75, 3.05) is 24.0 Å². The summed E-state index contributed by atoms with van der Waals surface area (Å²) in [6, 6.07) is 13.4. The topological polar surface area (TPSA) is 107 Å². The van der Waals surface area contributed by atoms with E-state index >= 15 is 0 Å². The van der Waals surface area contributed by atoms with Gasteiger partial charge in [0.1, 0.15) is 11.6 Å². The number of nitrogens with two attached hydrogens (primary N) is 1. The molecular formula is C19H21FN6O2S.